The number of nitrogens with two attached hydrogens (primary N) is 1. The van der Waals surface area contributed by atoms with Gasteiger partial charge in [-0.1, -0.05) is 54.9 Å². The number of benzene rings is 1. The van der Waals surface area contributed by atoms with Crippen LogP contribution in [0, 0.1) is 12.3 Å². The highest BCUT2D eigenvalue weighted by Crippen LogP contribution is 2.35. The highest BCUT2D eigenvalue weighted by molar-refractivity contribution is 9.10. The van der Waals surface area contributed by atoms with Gasteiger partial charge < -0.3 is 5.73 Å². The van der Waals surface area contributed by atoms with Crippen molar-refractivity contribution in [2.24, 2.45) is 11.1 Å². The second kappa shape index (κ2) is 4.03. The van der Waals surface area contributed by atoms with Crippen LogP contribution in [0.15, 0.2) is 22.7 Å². The first kappa shape index (κ1) is 11.7. The van der Waals surface area contributed by atoms with Gasteiger partial charge in [0.05, 0.1) is 0 Å². The van der Waals surface area contributed by atoms with E-state index >= 15 is 0 Å². The molecule has 0 aliphatic carbocycles. The van der Waals surface area contributed by atoms with Crippen molar-refractivity contribution in [3.63, 3.8) is 0 Å². The lowest BCUT2D eigenvalue weighted by Crippen LogP contribution is -2.26. The fourth-order valence-electron chi connectivity index (χ4n) is 1.38. The molecule has 0 spiro atoms. The molecule has 1 atom stereocenters. The van der Waals surface area contributed by atoms with Gasteiger partial charge in [-0.15, -0.1) is 0 Å². The minimum absolute atomic E-state index is 0.0665. The normalized spacial score (nSPS) is 14.1. The number of hydrogen-bond donors (Lipinski definition) is 1. The SMILES string of the molecule is Cc1cccc(C(N)C(C)(C)C)c1Br. The van der Waals surface area contributed by atoms with Crippen molar-refractivity contribution in [2.75, 3.05) is 0 Å². The molecule has 0 amide bonds. The monoisotopic (exact) mass is 255 g/mol. The molecular weight excluding hydrogens is 238 g/mol. The van der Waals surface area contributed by atoms with Gasteiger partial charge in [-0.3, -0.25) is 0 Å². The summed E-state index contributed by atoms with van der Waals surface area (Å²) in [7, 11) is 0. The molecular formula is C12H18BrN. The largest absolute Gasteiger partial charge is 0.323 e. The third-order valence-electron chi connectivity index (χ3n) is 2.49. The first-order chi connectivity index (χ1) is 6.34. The molecule has 0 fully saturated rings. The van der Waals surface area contributed by atoms with Crippen LogP contribution in [0.5, 0.6) is 0 Å². The first-order valence-corrected chi connectivity index (χ1v) is 5.64. The van der Waals surface area contributed by atoms with E-state index < -0.39 is 0 Å². The summed E-state index contributed by atoms with van der Waals surface area (Å²) in [5.41, 5.74) is 8.74. The first-order valence-electron chi connectivity index (χ1n) is 4.84. The molecule has 2 heteroatoms. The Balaban J connectivity index is 3.14. The predicted molar refractivity (Wildman–Crippen MR) is 65.3 cm³/mol. The summed E-state index contributed by atoms with van der Waals surface area (Å²) in [6.45, 7) is 8.56. The van der Waals surface area contributed by atoms with E-state index in [9.17, 15) is 0 Å². The average Bonchev–Trinajstić information content (AvgIpc) is 2.07. The van der Waals surface area contributed by atoms with Crippen molar-refractivity contribution in [1.82, 2.24) is 0 Å². The van der Waals surface area contributed by atoms with Crippen LogP contribution >= 0.6 is 15.9 Å². The maximum atomic E-state index is 6.21. The van der Waals surface area contributed by atoms with Crippen LogP contribution < -0.4 is 5.73 Å². The second-order valence-electron chi connectivity index (χ2n) is 4.82. The van der Waals surface area contributed by atoms with Gasteiger partial charge in [-0.05, 0) is 23.5 Å². The zero-order valence-corrected chi connectivity index (χ0v) is 10.9. The molecule has 1 rings (SSSR count). The Morgan fingerprint density at radius 2 is 1.86 bits per heavy atom. The molecule has 1 aromatic carbocycles. The van der Waals surface area contributed by atoms with Gasteiger partial charge in [0.15, 0.2) is 0 Å². The Kier molecular flexibility index (Phi) is 3.38. The van der Waals surface area contributed by atoms with E-state index in [2.05, 4.69) is 61.8 Å². The van der Waals surface area contributed by atoms with Crippen LogP contribution in [0.25, 0.3) is 0 Å². The molecule has 1 nitrogen and oxygen atoms in total. The average molecular weight is 256 g/mol. The van der Waals surface area contributed by atoms with E-state index in [0.29, 0.717) is 0 Å². The second-order valence-corrected chi connectivity index (χ2v) is 5.61. The Hall–Kier alpha value is -0.340. The van der Waals surface area contributed by atoms with Crippen LogP contribution in [0.2, 0.25) is 0 Å². The summed E-state index contributed by atoms with van der Waals surface area (Å²) in [4.78, 5) is 0. The maximum absolute atomic E-state index is 6.21. The predicted octanol–water partition coefficient (Wildman–Crippen LogP) is 3.80. The summed E-state index contributed by atoms with van der Waals surface area (Å²) in [5, 5.41) is 0. The molecule has 0 aromatic heterocycles. The van der Waals surface area contributed by atoms with Gasteiger partial charge in [0, 0.05) is 10.5 Å². The van der Waals surface area contributed by atoms with E-state index in [1.807, 2.05) is 0 Å². The molecule has 0 saturated heterocycles. The number of hydrogen-bond acceptors (Lipinski definition) is 1. The van der Waals surface area contributed by atoms with Crippen molar-refractivity contribution in [1.29, 1.82) is 0 Å². The molecule has 14 heavy (non-hydrogen) atoms. The van der Waals surface area contributed by atoms with E-state index in [-0.39, 0.29) is 11.5 Å². The number of rotatable bonds is 1. The summed E-state index contributed by atoms with van der Waals surface area (Å²) >= 11 is 3.59. The summed E-state index contributed by atoms with van der Waals surface area (Å²) in [6.07, 6.45) is 0. The Labute approximate surface area is 94.8 Å². The van der Waals surface area contributed by atoms with Gasteiger partial charge in [-0.25, -0.2) is 0 Å². The van der Waals surface area contributed by atoms with Crippen LogP contribution in [0.3, 0.4) is 0 Å². The molecule has 1 aromatic rings. The Morgan fingerprint density at radius 3 is 2.36 bits per heavy atom. The van der Waals surface area contributed by atoms with E-state index in [1.54, 1.807) is 0 Å². The molecule has 2 N–H and O–H groups in total. The van der Waals surface area contributed by atoms with Gasteiger partial charge in [0.1, 0.15) is 0 Å². The third-order valence-corrected chi connectivity index (χ3v) is 3.57. The molecule has 0 bridgehead atoms. The Bertz CT molecular complexity index is 326. The lowest BCUT2D eigenvalue weighted by atomic mass is 9.83. The summed E-state index contributed by atoms with van der Waals surface area (Å²) < 4.78 is 1.14. The third kappa shape index (κ3) is 2.37. The quantitative estimate of drug-likeness (QED) is 0.812. The van der Waals surface area contributed by atoms with Crippen molar-refractivity contribution >= 4 is 15.9 Å². The molecule has 1 unspecified atom stereocenters. The minimum atomic E-state index is 0.0665. The van der Waals surface area contributed by atoms with Crippen molar-refractivity contribution in [2.45, 2.75) is 33.7 Å². The van der Waals surface area contributed by atoms with Crippen molar-refractivity contribution < 1.29 is 0 Å². The standard InChI is InChI=1S/C12H18BrN/c1-8-6-5-7-9(10(8)13)11(14)12(2,3)4/h5-7,11H,14H2,1-4H3. The number of aryl methyl sites for hydroxylation is 1. The van der Waals surface area contributed by atoms with E-state index in [0.717, 1.165) is 4.47 Å². The Morgan fingerprint density at radius 1 is 1.29 bits per heavy atom. The van der Waals surface area contributed by atoms with Crippen LogP contribution in [0.4, 0.5) is 0 Å². The smallest absolute Gasteiger partial charge is 0.0355 e. The van der Waals surface area contributed by atoms with Crippen LogP contribution in [-0.4, -0.2) is 0 Å². The fourth-order valence-corrected chi connectivity index (χ4v) is 1.89. The van der Waals surface area contributed by atoms with Crippen LogP contribution in [-0.2, 0) is 0 Å². The maximum Gasteiger partial charge on any atom is 0.0355 e. The highest BCUT2D eigenvalue weighted by atomic mass is 79.9. The summed E-state index contributed by atoms with van der Waals surface area (Å²) in [5.74, 6) is 0. The molecule has 0 aliphatic rings. The van der Waals surface area contributed by atoms with Crippen LogP contribution in [0.1, 0.15) is 37.9 Å². The van der Waals surface area contributed by atoms with E-state index in [4.69, 9.17) is 5.73 Å². The number of halogens is 1. The molecule has 0 saturated carbocycles. The fraction of sp³-hybridized carbons (Fsp3) is 0.500. The zero-order chi connectivity index (χ0) is 10.9. The van der Waals surface area contributed by atoms with Gasteiger partial charge in [-0.2, -0.15) is 0 Å². The zero-order valence-electron chi connectivity index (χ0n) is 9.26. The topological polar surface area (TPSA) is 26.0 Å². The minimum Gasteiger partial charge on any atom is -0.323 e. The molecule has 0 heterocycles. The van der Waals surface area contributed by atoms with E-state index in [1.165, 1.54) is 11.1 Å². The van der Waals surface area contributed by atoms with Crippen molar-refractivity contribution in [3.05, 3.63) is 33.8 Å². The molecule has 78 valence electrons. The molecule has 0 aliphatic heterocycles. The lowest BCUT2D eigenvalue weighted by Gasteiger charge is -2.28. The lowest BCUT2D eigenvalue weighted by molar-refractivity contribution is 0.326. The molecule has 0 radical (unpaired) electrons. The van der Waals surface area contributed by atoms with Crippen molar-refractivity contribution in [3.8, 4) is 0 Å². The highest BCUT2D eigenvalue weighted by Gasteiger charge is 2.24. The van der Waals surface area contributed by atoms with Gasteiger partial charge in [0.2, 0.25) is 0 Å². The van der Waals surface area contributed by atoms with Gasteiger partial charge >= 0.3 is 0 Å². The summed E-state index contributed by atoms with van der Waals surface area (Å²) in [6, 6.07) is 6.30. The van der Waals surface area contributed by atoms with Gasteiger partial charge in [0.25, 0.3) is 0 Å².